The Kier molecular flexibility index (Phi) is 4.08. The summed E-state index contributed by atoms with van der Waals surface area (Å²) in [7, 11) is 0. The molecule has 5 heteroatoms. The van der Waals surface area contributed by atoms with Crippen LogP contribution < -0.4 is 5.32 Å². The number of hydrogen-bond donors (Lipinski definition) is 1. The van der Waals surface area contributed by atoms with E-state index in [9.17, 15) is 9.18 Å². The number of amides is 1. The van der Waals surface area contributed by atoms with E-state index in [1.54, 1.807) is 18.2 Å². The summed E-state index contributed by atoms with van der Waals surface area (Å²) in [5.41, 5.74) is 1.17. The fraction of sp³-hybridized carbons (Fsp3) is 0.0714. The van der Waals surface area contributed by atoms with E-state index in [0.29, 0.717) is 10.7 Å². The van der Waals surface area contributed by atoms with Crippen LogP contribution in [0.2, 0.25) is 10.0 Å². The molecule has 0 bridgehead atoms. The molecule has 2 aromatic rings. The fourth-order valence-corrected chi connectivity index (χ4v) is 2.05. The van der Waals surface area contributed by atoms with Crippen LogP contribution in [0, 0.1) is 12.7 Å². The van der Waals surface area contributed by atoms with Crippen LogP contribution in [0.15, 0.2) is 36.4 Å². The Morgan fingerprint density at radius 2 is 1.95 bits per heavy atom. The minimum absolute atomic E-state index is 0.0668. The summed E-state index contributed by atoms with van der Waals surface area (Å²) in [6.45, 7) is 1.81. The Balaban J connectivity index is 2.34. The van der Waals surface area contributed by atoms with Crippen molar-refractivity contribution in [2.75, 3.05) is 5.32 Å². The molecule has 0 saturated heterocycles. The van der Waals surface area contributed by atoms with E-state index in [2.05, 4.69) is 5.32 Å². The zero-order chi connectivity index (χ0) is 14.0. The molecule has 1 N–H and O–H groups in total. The van der Waals surface area contributed by atoms with Crippen molar-refractivity contribution in [2.24, 2.45) is 0 Å². The van der Waals surface area contributed by atoms with Crippen molar-refractivity contribution in [3.8, 4) is 0 Å². The van der Waals surface area contributed by atoms with Gasteiger partial charge in [0.05, 0.1) is 10.6 Å². The number of halogens is 3. The molecule has 1 amide bonds. The molecule has 98 valence electrons. The number of carbonyl (C=O) groups excluding carboxylic acids is 1. The van der Waals surface area contributed by atoms with Crippen molar-refractivity contribution in [1.29, 1.82) is 0 Å². The number of nitrogens with one attached hydrogen (secondary N) is 1. The van der Waals surface area contributed by atoms with Gasteiger partial charge in [-0.1, -0.05) is 35.3 Å². The second-order valence-corrected chi connectivity index (χ2v) is 4.85. The smallest absolute Gasteiger partial charge is 0.260 e. The molecule has 0 aliphatic heterocycles. The Bertz CT molecular complexity index is 623. The number of hydrogen-bond acceptors (Lipinski definition) is 1. The lowest BCUT2D eigenvalue weighted by molar-refractivity contribution is 0.102. The first-order valence-electron chi connectivity index (χ1n) is 5.50. The predicted molar refractivity (Wildman–Crippen MR) is 75.6 cm³/mol. The standard InChI is InChI=1S/C14H10Cl2FNO/c1-8-5-6-9(15)7-12(8)18-14(19)13-10(16)3-2-4-11(13)17/h2-7H,1H3,(H,18,19). The Labute approximate surface area is 120 Å². The SMILES string of the molecule is Cc1ccc(Cl)cc1NC(=O)c1c(F)cccc1Cl. The molecular weight excluding hydrogens is 288 g/mol. The highest BCUT2D eigenvalue weighted by atomic mass is 35.5. The third-order valence-corrected chi connectivity index (χ3v) is 3.19. The van der Waals surface area contributed by atoms with Crippen molar-refractivity contribution in [3.05, 3.63) is 63.4 Å². The quantitative estimate of drug-likeness (QED) is 0.856. The zero-order valence-electron chi connectivity index (χ0n) is 10.0. The highest BCUT2D eigenvalue weighted by Gasteiger charge is 2.16. The van der Waals surface area contributed by atoms with Gasteiger partial charge in [-0.25, -0.2) is 4.39 Å². The largest absolute Gasteiger partial charge is 0.322 e. The van der Waals surface area contributed by atoms with Crippen molar-refractivity contribution in [2.45, 2.75) is 6.92 Å². The lowest BCUT2D eigenvalue weighted by atomic mass is 10.1. The Morgan fingerprint density at radius 3 is 2.63 bits per heavy atom. The van der Waals surface area contributed by atoms with E-state index < -0.39 is 11.7 Å². The highest BCUT2D eigenvalue weighted by molar-refractivity contribution is 6.34. The van der Waals surface area contributed by atoms with Crippen LogP contribution in [0.25, 0.3) is 0 Å². The molecule has 0 fully saturated rings. The van der Waals surface area contributed by atoms with Gasteiger partial charge in [0.15, 0.2) is 0 Å². The van der Waals surface area contributed by atoms with Gasteiger partial charge in [0, 0.05) is 10.7 Å². The number of benzene rings is 2. The third kappa shape index (κ3) is 3.06. The van der Waals surface area contributed by atoms with Gasteiger partial charge in [0.2, 0.25) is 0 Å². The first-order chi connectivity index (χ1) is 8.99. The van der Waals surface area contributed by atoms with Crippen LogP contribution in [0.1, 0.15) is 15.9 Å². The lowest BCUT2D eigenvalue weighted by Gasteiger charge is -2.10. The van der Waals surface area contributed by atoms with Gasteiger partial charge in [-0.3, -0.25) is 4.79 Å². The molecular formula is C14H10Cl2FNO. The van der Waals surface area contributed by atoms with E-state index in [1.165, 1.54) is 18.2 Å². The molecule has 0 atom stereocenters. The maximum Gasteiger partial charge on any atom is 0.260 e. The molecule has 2 aromatic carbocycles. The number of aryl methyl sites for hydroxylation is 1. The monoisotopic (exact) mass is 297 g/mol. The molecule has 0 heterocycles. The molecule has 0 spiro atoms. The van der Waals surface area contributed by atoms with Crippen LogP contribution in [0.5, 0.6) is 0 Å². The average Bonchev–Trinajstić information content (AvgIpc) is 2.33. The minimum Gasteiger partial charge on any atom is -0.322 e. The first-order valence-corrected chi connectivity index (χ1v) is 6.26. The Morgan fingerprint density at radius 1 is 1.21 bits per heavy atom. The molecule has 0 unspecified atom stereocenters. The molecule has 0 radical (unpaired) electrons. The lowest BCUT2D eigenvalue weighted by Crippen LogP contribution is -2.15. The van der Waals surface area contributed by atoms with E-state index in [-0.39, 0.29) is 10.6 Å². The average molecular weight is 298 g/mol. The zero-order valence-corrected chi connectivity index (χ0v) is 11.5. The summed E-state index contributed by atoms with van der Waals surface area (Å²) in [6.07, 6.45) is 0. The van der Waals surface area contributed by atoms with Crippen LogP contribution in [0.4, 0.5) is 10.1 Å². The Hall–Kier alpha value is -1.58. The highest BCUT2D eigenvalue weighted by Crippen LogP contribution is 2.24. The van der Waals surface area contributed by atoms with E-state index in [1.807, 2.05) is 6.92 Å². The first kappa shape index (κ1) is 13.8. The van der Waals surface area contributed by atoms with Crippen molar-refractivity contribution in [3.63, 3.8) is 0 Å². The van der Waals surface area contributed by atoms with Gasteiger partial charge in [-0.05, 0) is 36.8 Å². The van der Waals surface area contributed by atoms with Crippen molar-refractivity contribution in [1.82, 2.24) is 0 Å². The van der Waals surface area contributed by atoms with E-state index in [4.69, 9.17) is 23.2 Å². The van der Waals surface area contributed by atoms with Gasteiger partial charge in [-0.15, -0.1) is 0 Å². The second-order valence-electron chi connectivity index (χ2n) is 4.01. The summed E-state index contributed by atoms with van der Waals surface area (Å²) in [5, 5.41) is 3.15. The minimum atomic E-state index is -0.662. The maximum absolute atomic E-state index is 13.6. The van der Waals surface area contributed by atoms with Crippen LogP contribution in [-0.2, 0) is 0 Å². The maximum atomic E-state index is 13.6. The van der Waals surface area contributed by atoms with Gasteiger partial charge < -0.3 is 5.32 Å². The molecule has 0 aliphatic rings. The number of rotatable bonds is 2. The second kappa shape index (κ2) is 5.59. The van der Waals surface area contributed by atoms with Gasteiger partial charge >= 0.3 is 0 Å². The number of anilines is 1. The molecule has 0 aliphatic carbocycles. The van der Waals surface area contributed by atoms with Crippen molar-refractivity contribution < 1.29 is 9.18 Å². The van der Waals surface area contributed by atoms with Crippen molar-refractivity contribution >= 4 is 34.8 Å². The molecule has 2 rings (SSSR count). The number of carbonyl (C=O) groups is 1. The summed E-state index contributed by atoms with van der Waals surface area (Å²) in [4.78, 5) is 12.0. The molecule has 0 saturated carbocycles. The summed E-state index contributed by atoms with van der Waals surface area (Å²) in [5.74, 6) is -1.27. The van der Waals surface area contributed by atoms with E-state index in [0.717, 1.165) is 5.56 Å². The molecule has 2 nitrogen and oxygen atoms in total. The van der Waals surface area contributed by atoms with Gasteiger partial charge in [0.1, 0.15) is 5.82 Å². The fourth-order valence-electron chi connectivity index (χ4n) is 1.63. The van der Waals surface area contributed by atoms with Gasteiger partial charge in [0.25, 0.3) is 5.91 Å². The summed E-state index contributed by atoms with van der Waals surface area (Å²) < 4.78 is 13.6. The molecule has 19 heavy (non-hydrogen) atoms. The van der Waals surface area contributed by atoms with E-state index >= 15 is 0 Å². The normalized spacial score (nSPS) is 10.3. The van der Waals surface area contributed by atoms with Crippen LogP contribution >= 0.6 is 23.2 Å². The summed E-state index contributed by atoms with van der Waals surface area (Å²) in [6, 6.07) is 9.17. The van der Waals surface area contributed by atoms with Gasteiger partial charge in [-0.2, -0.15) is 0 Å². The molecule has 0 aromatic heterocycles. The van der Waals surface area contributed by atoms with Crippen LogP contribution in [0.3, 0.4) is 0 Å². The topological polar surface area (TPSA) is 29.1 Å². The summed E-state index contributed by atoms with van der Waals surface area (Å²) >= 11 is 11.7. The third-order valence-electron chi connectivity index (χ3n) is 2.64. The van der Waals surface area contributed by atoms with Crippen LogP contribution in [-0.4, -0.2) is 5.91 Å². The predicted octanol–water partition coefficient (Wildman–Crippen LogP) is 4.69.